The van der Waals surface area contributed by atoms with Crippen LogP contribution in [0.5, 0.6) is 11.6 Å². The summed E-state index contributed by atoms with van der Waals surface area (Å²) in [6.07, 6.45) is 1.03. The minimum absolute atomic E-state index is 0.102. The number of nitrogens with one attached hydrogen (secondary N) is 1. The van der Waals surface area contributed by atoms with Crippen LogP contribution in [0, 0.1) is 11.6 Å². The molecule has 21 heavy (non-hydrogen) atoms. The first kappa shape index (κ1) is 15.8. The van der Waals surface area contributed by atoms with Crippen LogP contribution in [0.3, 0.4) is 0 Å². The molecule has 0 fully saturated rings. The summed E-state index contributed by atoms with van der Waals surface area (Å²) < 4.78 is 32.4. The number of hydrogen-bond acceptors (Lipinski definition) is 4. The number of nitrogens with zero attached hydrogens (tertiary/aromatic N) is 2. The van der Waals surface area contributed by atoms with Gasteiger partial charge in [-0.1, -0.05) is 22.9 Å². The van der Waals surface area contributed by atoms with Gasteiger partial charge in [0.25, 0.3) is 0 Å². The molecule has 0 unspecified atom stereocenters. The first-order valence-electron chi connectivity index (χ1n) is 6.46. The normalized spacial score (nSPS) is 10.7. The van der Waals surface area contributed by atoms with Gasteiger partial charge in [0.05, 0.1) is 5.69 Å². The van der Waals surface area contributed by atoms with E-state index in [9.17, 15) is 8.78 Å². The smallest absolute Gasteiger partial charge is 0.239 e. The summed E-state index contributed by atoms with van der Waals surface area (Å²) in [5.41, 5.74) is 0.747. The van der Waals surface area contributed by atoms with E-state index in [0.29, 0.717) is 11.0 Å². The van der Waals surface area contributed by atoms with Crippen molar-refractivity contribution in [3.63, 3.8) is 0 Å². The van der Waals surface area contributed by atoms with Gasteiger partial charge in [-0.15, -0.1) is 5.10 Å². The molecule has 7 heteroatoms. The third-order valence-electron chi connectivity index (χ3n) is 2.60. The van der Waals surface area contributed by atoms with Crippen molar-refractivity contribution in [2.45, 2.75) is 19.9 Å². The van der Waals surface area contributed by atoms with Gasteiger partial charge in [-0.05, 0) is 31.2 Å². The summed E-state index contributed by atoms with van der Waals surface area (Å²) in [5, 5.41) is 11.0. The topological polar surface area (TPSA) is 47.0 Å². The number of hydrogen-bond donors (Lipinski definition) is 1. The van der Waals surface area contributed by atoms with Gasteiger partial charge in [0, 0.05) is 17.1 Å². The van der Waals surface area contributed by atoms with Gasteiger partial charge >= 0.3 is 0 Å². The van der Waals surface area contributed by atoms with E-state index in [1.165, 1.54) is 6.07 Å². The Morgan fingerprint density at radius 2 is 2.05 bits per heavy atom. The van der Waals surface area contributed by atoms with Crippen LogP contribution in [0.1, 0.15) is 19.0 Å². The van der Waals surface area contributed by atoms with E-state index in [1.54, 1.807) is 12.1 Å². The number of benzene rings is 1. The van der Waals surface area contributed by atoms with E-state index in [4.69, 9.17) is 4.74 Å². The van der Waals surface area contributed by atoms with Crippen LogP contribution in [-0.2, 0) is 6.54 Å². The molecular weight excluding hydrogens is 344 g/mol. The number of rotatable bonds is 6. The fourth-order valence-electron chi connectivity index (χ4n) is 1.61. The Balaban J connectivity index is 2.07. The summed E-state index contributed by atoms with van der Waals surface area (Å²) in [4.78, 5) is 0. The fourth-order valence-corrected chi connectivity index (χ4v) is 2.02. The molecule has 0 saturated carbocycles. The minimum atomic E-state index is -1.06. The van der Waals surface area contributed by atoms with E-state index in [0.717, 1.165) is 24.7 Å². The molecule has 0 saturated heterocycles. The molecule has 2 aromatic rings. The van der Waals surface area contributed by atoms with E-state index >= 15 is 0 Å². The van der Waals surface area contributed by atoms with Crippen LogP contribution >= 0.6 is 15.9 Å². The molecule has 0 bridgehead atoms. The van der Waals surface area contributed by atoms with Crippen molar-refractivity contribution < 1.29 is 13.5 Å². The Hall–Kier alpha value is -1.60. The Labute approximate surface area is 129 Å². The maximum Gasteiger partial charge on any atom is 0.239 e. The standard InChI is InChI=1S/C14H14BrF2N3O/c1-2-5-18-8-10-3-4-13(20-19-10)21-12-7-9(15)6-11(16)14(12)17/h3-4,6-7,18H,2,5,8H2,1H3. The van der Waals surface area contributed by atoms with Gasteiger partial charge in [-0.3, -0.25) is 0 Å². The lowest BCUT2D eigenvalue weighted by atomic mass is 10.3. The quantitative estimate of drug-likeness (QED) is 0.630. The molecule has 0 atom stereocenters. The van der Waals surface area contributed by atoms with Crippen molar-refractivity contribution in [1.29, 1.82) is 0 Å². The first-order chi connectivity index (χ1) is 10.1. The lowest BCUT2D eigenvalue weighted by Gasteiger charge is -2.07. The second-order valence-electron chi connectivity index (χ2n) is 4.34. The molecule has 0 radical (unpaired) electrons. The predicted molar refractivity (Wildman–Crippen MR) is 78.2 cm³/mol. The third kappa shape index (κ3) is 4.44. The number of aromatic nitrogens is 2. The molecule has 4 nitrogen and oxygen atoms in total. The molecule has 0 aliphatic carbocycles. The van der Waals surface area contributed by atoms with Gasteiger partial charge in [0.2, 0.25) is 11.7 Å². The van der Waals surface area contributed by atoms with Crippen LogP contribution in [0.2, 0.25) is 0 Å². The molecule has 0 aliphatic heterocycles. The van der Waals surface area contributed by atoms with Crippen LogP contribution < -0.4 is 10.1 Å². The van der Waals surface area contributed by atoms with E-state index in [1.807, 2.05) is 0 Å². The van der Waals surface area contributed by atoms with E-state index in [2.05, 4.69) is 38.4 Å². The maximum atomic E-state index is 13.6. The van der Waals surface area contributed by atoms with E-state index < -0.39 is 11.6 Å². The molecule has 0 amide bonds. The molecule has 1 N–H and O–H groups in total. The number of ether oxygens (including phenoxy) is 1. The van der Waals surface area contributed by atoms with Crippen molar-refractivity contribution in [2.75, 3.05) is 6.54 Å². The molecule has 1 aromatic carbocycles. The van der Waals surface area contributed by atoms with Crippen molar-refractivity contribution >= 4 is 15.9 Å². The Kier molecular flexibility index (Phi) is 5.58. The molecular formula is C14H14BrF2N3O. The molecule has 1 heterocycles. The second-order valence-corrected chi connectivity index (χ2v) is 5.26. The monoisotopic (exact) mass is 357 g/mol. The highest BCUT2D eigenvalue weighted by atomic mass is 79.9. The Morgan fingerprint density at radius 3 is 2.71 bits per heavy atom. The fraction of sp³-hybridized carbons (Fsp3) is 0.286. The highest BCUT2D eigenvalue weighted by Crippen LogP contribution is 2.28. The molecule has 1 aromatic heterocycles. The largest absolute Gasteiger partial charge is 0.434 e. The highest BCUT2D eigenvalue weighted by Gasteiger charge is 2.13. The zero-order valence-electron chi connectivity index (χ0n) is 11.4. The van der Waals surface area contributed by atoms with E-state index in [-0.39, 0.29) is 11.6 Å². The van der Waals surface area contributed by atoms with Gasteiger partial charge in [-0.2, -0.15) is 9.49 Å². The summed E-state index contributed by atoms with van der Waals surface area (Å²) >= 11 is 3.08. The maximum absolute atomic E-state index is 13.6. The van der Waals surface area contributed by atoms with Crippen molar-refractivity contribution in [3.8, 4) is 11.6 Å². The summed E-state index contributed by atoms with van der Waals surface area (Å²) in [5.74, 6) is -2.19. The van der Waals surface area contributed by atoms with Crippen LogP contribution in [0.25, 0.3) is 0 Å². The second kappa shape index (κ2) is 7.42. The van der Waals surface area contributed by atoms with Gasteiger partial charge in [-0.25, -0.2) is 4.39 Å². The zero-order valence-corrected chi connectivity index (χ0v) is 13.0. The predicted octanol–water partition coefficient (Wildman–Crippen LogP) is 3.81. The zero-order chi connectivity index (χ0) is 15.2. The van der Waals surface area contributed by atoms with Crippen molar-refractivity contribution in [1.82, 2.24) is 15.5 Å². The van der Waals surface area contributed by atoms with Gasteiger partial charge < -0.3 is 10.1 Å². The lowest BCUT2D eigenvalue weighted by Crippen LogP contribution is -2.15. The van der Waals surface area contributed by atoms with Crippen LogP contribution in [0.4, 0.5) is 8.78 Å². The van der Waals surface area contributed by atoms with Crippen molar-refractivity contribution in [2.24, 2.45) is 0 Å². The summed E-state index contributed by atoms with van der Waals surface area (Å²) in [6.45, 7) is 3.56. The Bertz CT molecular complexity index is 608. The average Bonchev–Trinajstić information content (AvgIpc) is 2.46. The molecule has 2 rings (SSSR count). The summed E-state index contributed by atoms with van der Waals surface area (Å²) in [7, 11) is 0. The number of halogens is 3. The first-order valence-corrected chi connectivity index (χ1v) is 7.25. The molecule has 112 valence electrons. The lowest BCUT2D eigenvalue weighted by molar-refractivity contribution is 0.400. The Morgan fingerprint density at radius 1 is 1.24 bits per heavy atom. The van der Waals surface area contributed by atoms with Gasteiger partial charge in [0.15, 0.2) is 11.6 Å². The highest BCUT2D eigenvalue weighted by molar-refractivity contribution is 9.10. The molecule has 0 spiro atoms. The average molecular weight is 358 g/mol. The minimum Gasteiger partial charge on any atom is -0.434 e. The van der Waals surface area contributed by atoms with Crippen LogP contribution in [-0.4, -0.2) is 16.7 Å². The SMILES string of the molecule is CCCNCc1ccc(Oc2cc(Br)cc(F)c2F)nn1. The van der Waals surface area contributed by atoms with Crippen molar-refractivity contribution in [3.05, 3.63) is 46.1 Å². The summed E-state index contributed by atoms with van der Waals surface area (Å²) in [6, 6.07) is 5.64. The van der Waals surface area contributed by atoms with Gasteiger partial charge in [0.1, 0.15) is 0 Å². The van der Waals surface area contributed by atoms with Crippen LogP contribution in [0.15, 0.2) is 28.7 Å². The molecule has 0 aliphatic rings. The third-order valence-corrected chi connectivity index (χ3v) is 3.06.